The lowest BCUT2D eigenvalue weighted by Gasteiger charge is -2.06. The highest BCUT2D eigenvalue weighted by Crippen LogP contribution is 2.22. The average Bonchev–Trinajstić information content (AvgIpc) is 2.57. The molecule has 17 heavy (non-hydrogen) atoms. The SMILES string of the molecule is Cc1onc(OCC(=O)O)c1CC(N)C(=O)O. The van der Waals surface area contributed by atoms with E-state index in [1.807, 2.05) is 0 Å². The van der Waals surface area contributed by atoms with E-state index < -0.39 is 24.6 Å². The molecule has 8 heteroatoms. The van der Waals surface area contributed by atoms with Gasteiger partial charge in [0, 0.05) is 6.42 Å². The van der Waals surface area contributed by atoms with Crippen LogP contribution in [0, 0.1) is 6.92 Å². The number of nitrogens with two attached hydrogens (primary N) is 1. The predicted octanol–water partition coefficient (Wildman–Crippen LogP) is -0.599. The normalized spacial score (nSPS) is 12.1. The fourth-order valence-corrected chi connectivity index (χ4v) is 1.15. The first-order valence-electron chi connectivity index (χ1n) is 4.70. The maximum atomic E-state index is 10.6. The van der Waals surface area contributed by atoms with Crippen LogP contribution in [0.1, 0.15) is 11.3 Å². The van der Waals surface area contributed by atoms with Crippen molar-refractivity contribution in [2.75, 3.05) is 6.61 Å². The Hall–Kier alpha value is -2.09. The van der Waals surface area contributed by atoms with Crippen LogP contribution in [0.4, 0.5) is 0 Å². The summed E-state index contributed by atoms with van der Waals surface area (Å²) in [4.78, 5) is 20.9. The largest absolute Gasteiger partial charge is 0.480 e. The van der Waals surface area contributed by atoms with Crippen LogP contribution in [-0.4, -0.2) is 40.0 Å². The van der Waals surface area contributed by atoms with Crippen LogP contribution < -0.4 is 10.5 Å². The Kier molecular flexibility index (Phi) is 4.05. The molecule has 0 aliphatic heterocycles. The van der Waals surface area contributed by atoms with Gasteiger partial charge in [0.2, 0.25) is 0 Å². The smallest absolute Gasteiger partial charge is 0.341 e. The highest BCUT2D eigenvalue weighted by Gasteiger charge is 2.21. The molecule has 1 atom stereocenters. The molecule has 1 heterocycles. The van der Waals surface area contributed by atoms with Crippen LogP contribution in [0.5, 0.6) is 5.88 Å². The minimum Gasteiger partial charge on any atom is -0.480 e. The molecule has 1 unspecified atom stereocenters. The Bertz CT molecular complexity index is 427. The van der Waals surface area contributed by atoms with Gasteiger partial charge in [0.1, 0.15) is 11.8 Å². The molecule has 8 nitrogen and oxygen atoms in total. The van der Waals surface area contributed by atoms with Crippen molar-refractivity contribution >= 4 is 11.9 Å². The van der Waals surface area contributed by atoms with Gasteiger partial charge in [-0.15, -0.1) is 0 Å². The summed E-state index contributed by atoms with van der Waals surface area (Å²) in [5.41, 5.74) is 5.72. The predicted molar refractivity (Wildman–Crippen MR) is 53.7 cm³/mol. The Balaban J connectivity index is 2.79. The van der Waals surface area contributed by atoms with Crippen LogP contribution in [0.15, 0.2) is 4.52 Å². The third-order valence-electron chi connectivity index (χ3n) is 2.02. The molecule has 0 aromatic carbocycles. The summed E-state index contributed by atoms with van der Waals surface area (Å²) in [5, 5.41) is 20.6. The van der Waals surface area contributed by atoms with E-state index >= 15 is 0 Å². The number of hydrogen-bond donors (Lipinski definition) is 3. The van der Waals surface area contributed by atoms with Gasteiger partial charge in [-0.1, -0.05) is 0 Å². The summed E-state index contributed by atoms with van der Waals surface area (Å²) in [6.07, 6.45) is -0.0420. The number of aryl methyl sites for hydroxylation is 1. The van der Waals surface area contributed by atoms with Crippen molar-refractivity contribution in [3.63, 3.8) is 0 Å². The molecule has 0 spiro atoms. The lowest BCUT2D eigenvalue weighted by Crippen LogP contribution is -2.32. The topological polar surface area (TPSA) is 136 Å². The second-order valence-corrected chi connectivity index (χ2v) is 3.35. The summed E-state index contributed by atoms with van der Waals surface area (Å²) in [6, 6.07) is -1.12. The van der Waals surface area contributed by atoms with Gasteiger partial charge in [-0.2, -0.15) is 0 Å². The molecular formula is C9H12N2O6. The number of carboxylic acids is 2. The fourth-order valence-electron chi connectivity index (χ4n) is 1.15. The first-order chi connectivity index (χ1) is 7.91. The van der Waals surface area contributed by atoms with E-state index in [1.165, 1.54) is 0 Å². The standard InChI is InChI=1S/C9H12N2O6/c1-4-5(2-6(10)9(14)15)8(11-17-4)16-3-7(12)13/h6H,2-3,10H2,1H3,(H,12,13)(H,14,15). The lowest BCUT2D eigenvalue weighted by molar-refractivity contribution is -0.140. The van der Waals surface area contributed by atoms with Crippen LogP contribution in [0.25, 0.3) is 0 Å². The molecule has 0 aliphatic rings. The zero-order chi connectivity index (χ0) is 13.0. The molecule has 1 aromatic heterocycles. The third kappa shape index (κ3) is 3.45. The van der Waals surface area contributed by atoms with Crippen molar-refractivity contribution < 1.29 is 29.1 Å². The molecule has 94 valence electrons. The van der Waals surface area contributed by atoms with Crippen LogP contribution in [-0.2, 0) is 16.0 Å². The molecule has 1 rings (SSSR count). The maximum absolute atomic E-state index is 10.6. The first-order valence-corrected chi connectivity index (χ1v) is 4.70. The maximum Gasteiger partial charge on any atom is 0.341 e. The molecule has 0 aliphatic carbocycles. The minimum atomic E-state index is -1.17. The molecule has 4 N–H and O–H groups in total. The molecule has 1 aromatic rings. The van der Waals surface area contributed by atoms with Crippen molar-refractivity contribution in [1.82, 2.24) is 5.16 Å². The number of carboxylic acid groups (broad SMARTS) is 2. The van der Waals surface area contributed by atoms with Crippen LogP contribution in [0.2, 0.25) is 0 Å². The highest BCUT2D eigenvalue weighted by atomic mass is 16.5. The van der Waals surface area contributed by atoms with Crippen molar-refractivity contribution in [2.45, 2.75) is 19.4 Å². The number of carbonyl (C=O) groups is 2. The van der Waals surface area contributed by atoms with E-state index in [1.54, 1.807) is 6.92 Å². The van der Waals surface area contributed by atoms with E-state index in [-0.39, 0.29) is 12.3 Å². The van der Waals surface area contributed by atoms with Crippen LogP contribution in [0.3, 0.4) is 0 Å². The number of hydrogen-bond acceptors (Lipinski definition) is 6. The summed E-state index contributed by atoms with van der Waals surface area (Å²) < 4.78 is 9.64. The first kappa shape index (κ1) is 13.0. The monoisotopic (exact) mass is 244 g/mol. The second-order valence-electron chi connectivity index (χ2n) is 3.35. The molecule has 0 saturated carbocycles. The van der Waals surface area contributed by atoms with Gasteiger partial charge in [-0.05, 0) is 12.1 Å². The molecular weight excluding hydrogens is 232 g/mol. The fraction of sp³-hybridized carbons (Fsp3) is 0.444. The quantitative estimate of drug-likeness (QED) is 0.603. The van der Waals surface area contributed by atoms with Gasteiger partial charge >= 0.3 is 11.9 Å². The van der Waals surface area contributed by atoms with Gasteiger partial charge < -0.3 is 25.2 Å². The lowest BCUT2D eigenvalue weighted by atomic mass is 10.1. The molecule has 0 amide bonds. The second kappa shape index (κ2) is 5.30. The van der Waals surface area contributed by atoms with Crippen molar-refractivity contribution in [3.8, 4) is 5.88 Å². The van der Waals surface area contributed by atoms with Crippen molar-refractivity contribution in [3.05, 3.63) is 11.3 Å². The van der Waals surface area contributed by atoms with E-state index in [4.69, 9.17) is 25.2 Å². The average molecular weight is 244 g/mol. The Morgan fingerprint density at radius 3 is 2.71 bits per heavy atom. The minimum absolute atomic E-state index is 0.0402. The molecule has 0 saturated heterocycles. The van der Waals surface area contributed by atoms with Gasteiger partial charge in [0.05, 0.1) is 5.56 Å². The summed E-state index contributed by atoms with van der Waals surface area (Å²) in [5.74, 6) is -2.03. The number of ether oxygens (including phenoxy) is 1. The van der Waals surface area contributed by atoms with Gasteiger partial charge in [-0.25, -0.2) is 4.79 Å². The van der Waals surface area contributed by atoms with E-state index in [9.17, 15) is 9.59 Å². The molecule has 0 fully saturated rings. The highest BCUT2D eigenvalue weighted by molar-refractivity contribution is 5.73. The van der Waals surface area contributed by atoms with Gasteiger partial charge in [-0.3, -0.25) is 4.79 Å². The van der Waals surface area contributed by atoms with E-state index in [0.29, 0.717) is 11.3 Å². The number of aliphatic carboxylic acids is 2. The van der Waals surface area contributed by atoms with Crippen molar-refractivity contribution in [2.24, 2.45) is 5.73 Å². The van der Waals surface area contributed by atoms with E-state index in [2.05, 4.69) is 5.16 Å². The Morgan fingerprint density at radius 2 is 2.18 bits per heavy atom. The number of nitrogens with zero attached hydrogens (tertiary/aromatic N) is 1. The molecule has 0 bridgehead atoms. The Morgan fingerprint density at radius 1 is 1.53 bits per heavy atom. The van der Waals surface area contributed by atoms with E-state index in [0.717, 1.165) is 0 Å². The number of aromatic nitrogens is 1. The van der Waals surface area contributed by atoms with Crippen molar-refractivity contribution in [1.29, 1.82) is 0 Å². The third-order valence-corrected chi connectivity index (χ3v) is 2.02. The zero-order valence-corrected chi connectivity index (χ0v) is 9.04. The van der Waals surface area contributed by atoms with Gasteiger partial charge in [0.25, 0.3) is 5.88 Å². The zero-order valence-electron chi connectivity index (χ0n) is 9.04. The number of rotatable bonds is 6. The molecule has 0 radical (unpaired) electrons. The summed E-state index contributed by atoms with van der Waals surface area (Å²) in [7, 11) is 0. The van der Waals surface area contributed by atoms with Gasteiger partial charge in [0.15, 0.2) is 6.61 Å². The van der Waals surface area contributed by atoms with Crippen LogP contribution >= 0.6 is 0 Å². The Labute approximate surface area is 96.0 Å². The summed E-state index contributed by atoms with van der Waals surface area (Å²) >= 11 is 0. The summed E-state index contributed by atoms with van der Waals surface area (Å²) in [6.45, 7) is 0.978.